The predicted octanol–water partition coefficient (Wildman–Crippen LogP) is 3.43. The first-order valence-electron chi connectivity index (χ1n) is 6.24. The minimum atomic E-state index is 0.780. The first-order chi connectivity index (χ1) is 9.34. The maximum atomic E-state index is 5.98. The monoisotopic (exact) mass is 249 g/mol. The molecule has 3 heteroatoms. The lowest BCUT2D eigenvalue weighted by Crippen LogP contribution is -2.00. The Balaban J connectivity index is 1.91. The van der Waals surface area contributed by atoms with Gasteiger partial charge in [-0.05, 0) is 23.8 Å². The van der Waals surface area contributed by atoms with Crippen molar-refractivity contribution in [2.75, 3.05) is 11.1 Å². The van der Waals surface area contributed by atoms with Crippen molar-refractivity contribution in [1.82, 2.24) is 4.98 Å². The molecule has 0 atom stereocenters. The maximum absolute atomic E-state index is 5.98. The van der Waals surface area contributed by atoms with Gasteiger partial charge in [0.1, 0.15) is 0 Å². The molecule has 0 bridgehead atoms. The molecule has 0 aliphatic carbocycles. The average Bonchev–Trinajstić information content (AvgIpc) is 2.48. The van der Waals surface area contributed by atoms with E-state index >= 15 is 0 Å². The number of nitrogens with one attached hydrogen (secondary N) is 1. The Morgan fingerprint density at radius 2 is 1.79 bits per heavy atom. The van der Waals surface area contributed by atoms with E-state index in [9.17, 15) is 0 Å². The molecule has 3 nitrogen and oxygen atoms in total. The molecule has 19 heavy (non-hydrogen) atoms. The first kappa shape index (κ1) is 11.5. The number of rotatable bonds is 3. The van der Waals surface area contributed by atoms with Crippen LogP contribution in [0.25, 0.3) is 10.8 Å². The summed E-state index contributed by atoms with van der Waals surface area (Å²) in [6.07, 6.45) is 3.61. The quantitative estimate of drug-likeness (QED) is 0.699. The van der Waals surface area contributed by atoms with Crippen LogP contribution in [0.4, 0.5) is 11.4 Å². The molecule has 0 aliphatic rings. The molecule has 0 radical (unpaired) electrons. The lowest BCUT2D eigenvalue weighted by Gasteiger charge is -2.11. The van der Waals surface area contributed by atoms with E-state index in [-0.39, 0.29) is 0 Å². The van der Waals surface area contributed by atoms with Crippen molar-refractivity contribution >= 4 is 22.1 Å². The zero-order chi connectivity index (χ0) is 13.1. The molecule has 2 aromatic carbocycles. The molecule has 3 N–H and O–H groups in total. The molecule has 1 aromatic heterocycles. The molecule has 94 valence electrons. The van der Waals surface area contributed by atoms with Gasteiger partial charge in [0.25, 0.3) is 0 Å². The molecule has 0 saturated heterocycles. The molecular weight excluding hydrogens is 234 g/mol. The predicted molar refractivity (Wildman–Crippen MR) is 79.9 cm³/mol. The van der Waals surface area contributed by atoms with Gasteiger partial charge < -0.3 is 11.1 Å². The number of nitrogens with zero attached hydrogens (tertiary/aromatic N) is 1. The molecule has 0 amide bonds. The SMILES string of the molecule is Nc1ccc(NCc2ccccc2)c2cnccc12. The van der Waals surface area contributed by atoms with E-state index in [1.165, 1.54) is 5.56 Å². The number of hydrogen-bond donors (Lipinski definition) is 2. The molecule has 0 spiro atoms. The summed E-state index contributed by atoms with van der Waals surface area (Å²) in [5, 5.41) is 5.52. The highest BCUT2D eigenvalue weighted by Gasteiger charge is 2.03. The number of fused-ring (bicyclic) bond motifs is 1. The summed E-state index contributed by atoms with van der Waals surface area (Å²) in [4.78, 5) is 4.17. The van der Waals surface area contributed by atoms with Crippen LogP contribution in [0.5, 0.6) is 0 Å². The molecule has 0 fully saturated rings. The van der Waals surface area contributed by atoms with Crippen molar-refractivity contribution in [3.05, 3.63) is 66.5 Å². The number of benzene rings is 2. The Bertz CT molecular complexity index is 693. The summed E-state index contributed by atoms with van der Waals surface area (Å²) in [7, 11) is 0. The van der Waals surface area contributed by atoms with Crippen LogP contribution in [0, 0.1) is 0 Å². The second-order valence-electron chi connectivity index (χ2n) is 4.46. The van der Waals surface area contributed by atoms with E-state index in [0.29, 0.717) is 0 Å². The minimum Gasteiger partial charge on any atom is -0.398 e. The van der Waals surface area contributed by atoms with Crippen molar-refractivity contribution in [2.24, 2.45) is 0 Å². The summed E-state index contributed by atoms with van der Waals surface area (Å²) in [6.45, 7) is 0.786. The molecule has 3 aromatic rings. The summed E-state index contributed by atoms with van der Waals surface area (Å²) >= 11 is 0. The van der Waals surface area contributed by atoms with Crippen molar-refractivity contribution in [3.63, 3.8) is 0 Å². The first-order valence-corrected chi connectivity index (χ1v) is 6.24. The van der Waals surface area contributed by atoms with Crippen LogP contribution in [-0.2, 0) is 6.54 Å². The number of nitrogens with two attached hydrogens (primary N) is 1. The molecule has 0 saturated carbocycles. The Morgan fingerprint density at radius 1 is 0.947 bits per heavy atom. The van der Waals surface area contributed by atoms with Gasteiger partial charge in [0.05, 0.1) is 0 Å². The van der Waals surface area contributed by atoms with Crippen LogP contribution in [0.15, 0.2) is 60.9 Å². The lowest BCUT2D eigenvalue weighted by molar-refractivity contribution is 1.15. The molecule has 3 rings (SSSR count). The van der Waals surface area contributed by atoms with Crippen LogP contribution in [-0.4, -0.2) is 4.98 Å². The number of hydrogen-bond acceptors (Lipinski definition) is 3. The Hall–Kier alpha value is -2.55. The van der Waals surface area contributed by atoms with E-state index in [1.807, 2.05) is 42.6 Å². The Labute approximate surface area is 112 Å². The van der Waals surface area contributed by atoms with E-state index in [2.05, 4.69) is 22.4 Å². The van der Waals surface area contributed by atoms with Gasteiger partial charge in [-0.3, -0.25) is 4.98 Å². The maximum Gasteiger partial charge on any atom is 0.0439 e. The molecular formula is C16H15N3. The third-order valence-electron chi connectivity index (χ3n) is 3.18. The number of anilines is 2. The topological polar surface area (TPSA) is 50.9 Å². The van der Waals surface area contributed by atoms with Crippen LogP contribution in [0.2, 0.25) is 0 Å². The third kappa shape index (κ3) is 2.36. The van der Waals surface area contributed by atoms with Crippen molar-refractivity contribution in [3.8, 4) is 0 Å². The van der Waals surface area contributed by atoms with Gasteiger partial charge in [0.15, 0.2) is 0 Å². The van der Waals surface area contributed by atoms with Crippen molar-refractivity contribution in [2.45, 2.75) is 6.54 Å². The Morgan fingerprint density at radius 3 is 2.63 bits per heavy atom. The van der Waals surface area contributed by atoms with Crippen molar-refractivity contribution in [1.29, 1.82) is 0 Å². The van der Waals surface area contributed by atoms with Gasteiger partial charge >= 0.3 is 0 Å². The second kappa shape index (κ2) is 4.98. The molecule has 1 heterocycles. The van der Waals surface area contributed by atoms with Gasteiger partial charge in [-0.25, -0.2) is 0 Å². The van der Waals surface area contributed by atoms with Gasteiger partial charge in [-0.2, -0.15) is 0 Å². The van der Waals surface area contributed by atoms with Crippen LogP contribution >= 0.6 is 0 Å². The summed E-state index contributed by atoms with van der Waals surface area (Å²) in [5.74, 6) is 0. The van der Waals surface area contributed by atoms with Crippen LogP contribution in [0.1, 0.15) is 5.56 Å². The van der Waals surface area contributed by atoms with Gasteiger partial charge in [0, 0.05) is 41.1 Å². The normalized spacial score (nSPS) is 10.5. The fraction of sp³-hybridized carbons (Fsp3) is 0.0625. The van der Waals surface area contributed by atoms with Gasteiger partial charge in [0.2, 0.25) is 0 Å². The summed E-state index contributed by atoms with van der Waals surface area (Å²) in [6, 6.07) is 16.2. The Kier molecular flexibility index (Phi) is 3.02. The van der Waals surface area contributed by atoms with E-state index in [0.717, 1.165) is 28.7 Å². The van der Waals surface area contributed by atoms with Gasteiger partial charge in [-0.1, -0.05) is 30.3 Å². The largest absolute Gasteiger partial charge is 0.398 e. The molecule has 0 unspecified atom stereocenters. The highest BCUT2D eigenvalue weighted by atomic mass is 14.9. The zero-order valence-electron chi connectivity index (χ0n) is 10.5. The fourth-order valence-corrected chi connectivity index (χ4v) is 2.16. The highest BCUT2D eigenvalue weighted by Crippen LogP contribution is 2.27. The highest BCUT2D eigenvalue weighted by molar-refractivity contribution is 6.00. The average molecular weight is 249 g/mol. The second-order valence-corrected chi connectivity index (χ2v) is 4.46. The smallest absolute Gasteiger partial charge is 0.0439 e. The third-order valence-corrected chi connectivity index (χ3v) is 3.18. The van der Waals surface area contributed by atoms with E-state index in [1.54, 1.807) is 6.20 Å². The number of nitrogen functional groups attached to an aromatic ring is 1. The van der Waals surface area contributed by atoms with Crippen LogP contribution < -0.4 is 11.1 Å². The number of aromatic nitrogens is 1. The fourth-order valence-electron chi connectivity index (χ4n) is 2.16. The van der Waals surface area contributed by atoms with Gasteiger partial charge in [-0.15, -0.1) is 0 Å². The van der Waals surface area contributed by atoms with E-state index in [4.69, 9.17) is 5.73 Å². The summed E-state index contributed by atoms with van der Waals surface area (Å²) < 4.78 is 0. The zero-order valence-corrected chi connectivity index (χ0v) is 10.5. The minimum absolute atomic E-state index is 0.780. The number of pyridine rings is 1. The lowest BCUT2D eigenvalue weighted by atomic mass is 10.1. The standard InChI is InChI=1S/C16H15N3/c17-15-6-7-16(14-11-18-9-8-13(14)15)19-10-12-4-2-1-3-5-12/h1-9,11,19H,10,17H2. The van der Waals surface area contributed by atoms with E-state index < -0.39 is 0 Å². The molecule has 0 aliphatic heterocycles. The van der Waals surface area contributed by atoms with Crippen LogP contribution in [0.3, 0.4) is 0 Å². The summed E-state index contributed by atoms with van der Waals surface area (Å²) in [5.41, 5.74) is 9.06. The van der Waals surface area contributed by atoms with Crippen molar-refractivity contribution < 1.29 is 0 Å².